The number of aromatic nitrogens is 2. The van der Waals surface area contributed by atoms with E-state index in [-0.39, 0.29) is 23.0 Å². The SMILES string of the molecule is CC1=CC(C)=C(CCC(=O)c2ccc(Oc3cccc(-c4cn[nH]c4)c3C#N)c(Cl)c2)C(=O)C1. The molecule has 6 nitrogen and oxygen atoms in total. The van der Waals surface area contributed by atoms with Crippen molar-refractivity contribution in [2.45, 2.75) is 33.1 Å². The molecule has 1 aromatic heterocycles. The summed E-state index contributed by atoms with van der Waals surface area (Å²) in [6.45, 7) is 3.84. The van der Waals surface area contributed by atoms with Crippen LogP contribution in [0.25, 0.3) is 11.1 Å². The first kappa shape index (κ1) is 23.2. The van der Waals surface area contributed by atoms with Crippen molar-refractivity contribution in [3.05, 3.63) is 87.7 Å². The van der Waals surface area contributed by atoms with Gasteiger partial charge in [0, 0.05) is 35.7 Å². The zero-order valence-corrected chi connectivity index (χ0v) is 19.6. The number of carbonyl (C=O) groups excluding carboxylic acids is 2. The van der Waals surface area contributed by atoms with E-state index in [1.165, 1.54) is 0 Å². The smallest absolute Gasteiger partial charge is 0.163 e. The molecule has 1 heterocycles. The minimum absolute atomic E-state index is 0.0815. The third-order valence-corrected chi connectivity index (χ3v) is 6.03. The molecule has 1 aliphatic carbocycles. The van der Waals surface area contributed by atoms with Crippen molar-refractivity contribution in [1.82, 2.24) is 10.2 Å². The van der Waals surface area contributed by atoms with Crippen molar-refractivity contribution in [3.8, 4) is 28.7 Å². The van der Waals surface area contributed by atoms with Crippen LogP contribution in [-0.2, 0) is 4.79 Å². The summed E-state index contributed by atoms with van der Waals surface area (Å²) >= 11 is 6.42. The Kier molecular flexibility index (Phi) is 6.76. The molecular weight excluding hydrogens is 450 g/mol. The molecule has 0 radical (unpaired) electrons. The van der Waals surface area contributed by atoms with Crippen LogP contribution in [0.4, 0.5) is 0 Å². The summed E-state index contributed by atoms with van der Waals surface area (Å²) in [5.74, 6) is 0.662. The van der Waals surface area contributed by atoms with Gasteiger partial charge in [0.1, 0.15) is 23.1 Å². The number of nitrogens with one attached hydrogen (secondary N) is 1. The zero-order chi connectivity index (χ0) is 24.2. The highest BCUT2D eigenvalue weighted by molar-refractivity contribution is 6.32. The maximum absolute atomic E-state index is 12.8. The van der Waals surface area contributed by atoms with Gasteiger partial charge in [0.2, 0.25) is 0 Å². The van der Waals surface area contributed by atoms with Crippen LogP contribution >= 0.6 is 11.6 Å². The summed E-state index contributed by atoms with van der Waals surface area (Å²) in [6, 6.07) is 12.3. The van der Waals surface area contributed by atoms with E-state index < -0.39 is 0 Å². The monoisotopic (exact) mass is 471 g/mol. The van der Waals surface area contributed by atoms with Crippen LogP contribution < -0.4 is 4.74 Å². The number of nitriles is 1. The van der Waals surface area contributed by atoms with Crippen LogP contribution in [0.15, 0.2) is 71.6 Å². The maximum Gasteiger partial charge on any atom is 0.163 e. The van der Waals surface area contributed by atoms with Gasteiger partial charge >= 0.3 is 0 Å². The first-order valence-electron chi connectivity index (χ1n) is 10.8. The minimum atomic E-state index is -0.104. The number of ether oxygens (including phenoxy) is 1. The molecule has 0 saturated heterocycles. The highest BCUT2D eigenvalue weighted by Crippen LogP contribution is 2.36. The first-order chi connectivity index (χ1) is 16.4. The number of carbonyl (C=O) groups is 2. The molecule has 170 valence electrons. The summed E-state index contributed by atoms with van der Waals surface area (Å²) in [5.41, 5.74) is 4.92. The quantitative estimate of drug-likeness (QED) is 0.392. The molecule has 0 atom stereocenters. The topological polar surface area (TPSA) is 95.8 Å². The summed E-state index contributed by atoms with van der Waals surface area (Å²) in [4.78, 5) is 25.1. The van der Waals surface area contributed by atoms with Crippen LogP contribution in [0, 0.1) is 11.3 Å². The van der Waals surface area contributed by atoms with Crippen molar-refractivity contribution in [2.75, 3.05) is 0 Å². The fraction of sp³-hybridized carbons (Fsp3) is 0.185. The largest absolute Gasteiger partial charge is 0.454 e. The Labute approximate surface area is 202 Å². The number of ketones is 2. The molecule has 0 amide bonds. The average Bonchev–Trinajstić information content (AvgIpc) is 3.34. The van der Waals surface area contributed by atoms with E-state index in [9.17, 15) is 14.9 Å². The molecule has 0 saturated carbocycles. The minimum Gasteiger partial charge on any atom is -0.454 e. The summed E-state index contributed by atoms with van der Waals surface area (Å²) < 4.78 is 5.94. The molecule has 1 aliphatic rings. The lowest BCUT2D eigenvalue weighted by atomic mass is 9.89. The lowest BCUT2D eigenvalue weighted by Gasteiger charge is -2.15. The fourth-order valence-corrected chi connectivity index (χ4v) is 4.27. The Hall–Kier alpha value is -3.95. The predicted molar refractivity (Wildman–Crippen MR) is 130 cm³/mol. The van der Waals surface area contributed by atoms with E-state index in [1.54, 1.807) is 42.7 Å². The number of Topliss-reactive ketones (excluding diaryl/α,β-unsaturated/α-hetero) is 2. The van der Waals surface area contributed by atoms with Crippen LogP contribution in [0.3, 0.4) is 0 Å². The first-order valence-corrected chi connectivity index (χ1v) is 11.2. The van der Waals surface area contributed by atoms with Crippen molar-refractivity contribution in [1.29, 1.82) is 5.26 Å². The van der Waals surface area contributed by atoms with E-state index in [4.69, 9.17) is 16.3 Å². The van der Waals surface area contributed by atoms with Gasteiger partial charge < -0.3 is 4.74 Å². The molecule has 0 unspecified atom stereocenters. The standard InChI is InChI=1S/C27H22ClN3O3/c1-16-10-17(2)20(25(33)11-16)7-8-24(32)18-6-9-27(23(28)12-18)34-26-5-3-4-21(22(26)13-29)19-14-30-31-15-19/h3-6,9-10,12,14-15H,7-8,11H2,1-2H3,(H,30,31). The highest BCUT2D eigenvalue weighted by atomic mass is 35.5. The average molecular weight is 472 g/mol. The molecule has 2 aromatic carbocycles. The lowest BCUT2D eigenvalue weighted by molar-refractivity contribution is -0.115. The number of allylic oxidation sites excluding steroid dienone is 4. The van der Waals surface area contributed by atoms with Gasteiger partial charge in [0.25, 0.3) is 0 Å². The fourth-order valence-electron chi connectivity index (χ4n) is 4.05. The number of H-pyrrole nitrogens is 1. The van der Waals surface area contributed by atoms with Crippen molar-refractivity contribution >= 4 is 23.2 Å². The Bertz CT molecular complexity index is 1380. The van der Waals surface area contributed by atoms with E-state index in [1.807, 2.05) is 26.0 Å². The molecule has 0 spiro atoms. The van der Waals surface area contributed by atoms with E-state index >= 15 is 0 Å². The Morgan fingerprint density at radius 2 is 2.06 bits per heavy atom. The molecule has 0 bridgehead atoms. The second kappa shape index (κ2) is 9.90. The van der Waals surface area contributed by atoms with Gasteiger partial charge in [0.05, 0.1) is 11.2 Å². The number of rotatable bonds is 7. The number of nitrogens with zero attached hydrogens (tertiary/aromatic N) is 2. The van der Waals surface area contributed by atoms with Gasteiger partial charge in [0.15, 0.2) is 11.6 Å². The summed E-state index contributed by atoms with van der Waals surface area (Å²) in [5, 5.41) is 16.6. The van der Waals surface area contributed by atoms with Gasteiger partial charge in [-0.3, -0.25) is 14.7 Å². The second-order valence-electron chi connectivity index (χ2n) is 8.20. The summed E-state index contributed by atoms with van der Waals surface area (Å²) in [6.07, 6.45) is 6.35. The lowest BCUT2D eigenvalue weighted by Crippen LogP contribution is -2.11. The number of hydrogen-bond donors (Lipinski definition) is 1. The summed E-state index contributed by atoms with van der Waals surface area (Å²) in [7, 11) is 0. The van der Waals surface area contributed by atoms with Crippen molar-refractivity contribution in [3.63, 3.8) is 0 Å². The van der Waals surface area contributed by atoms with Crippen LogP contribution in [0.1, 0.15) is 49.0 Å². The van der Waals surface area contributed by atoms with Crippen LogP contribution in [0.5, 0.6) is 11.5 Å². The number of aromatic amines is 1. The molecule has 1 N–H and O–H groups in total. The third-order valence-electron chi connectivity index (χ3n) is 5.74. The third kappa shape index (κ3) is 4.85. The predicted octanol–water partition coefficient (Wildman–Crippen LogP) is 6.59. The zero-order valence-electron chi connectivity index (χ0n) is 18.8. The Balaban J connectivity index is 1.51. The van der Waals surface area contributed by atoms with Crippen molar-refractivity contribution in [2.24, 2.45) is 0 Å². The van der Waals surface area contributed by atoms with Crippen molar-refractivity contribution < 1.29 is 14.3 Å². The normalized spacial score (nSPS) is 13.5. The van der Waals surface area contributed by atoms with Gasteiger partial charge in [-0.1, -0.05) is 35.4 Å². The van der Waals surface area contributed by atoms with Crippen LogP contribution in [-0.4, -0.2) is 21.8 Å². The molecular formula is C27H22ClN3O3. The molecule has 4 rings (SSSR count). The van der Waals surface area contributed by atoms with Gasteiger partial charge in [-0.25, -0.2) is 0 Å². The van der Waals surface area contributed by atoms with E-state index in [2.05, 4.69) is 16.3 Å². The number of halogens is 1. The number of hydrogen-bond acceptors (Lipinski definition) is 5. The van der Waals surface area contributed by atoms with Crippen LogP contribution in [0.2, 0.25) is 5.02 Å². The molecule has 7 heteroatoms. The van der Waals surface area contributed by atoms with Gasteiger partial charge in [-0.2, -0.15) is 10.4 Å². The molecule has 3 aromatic rings. The van der Waals surface area contributed by atoms with E-state index in [0.717, 1.165) is 16.7 Å². The second-order valence-corrected chi connectivity index (χ2v) is 8.61. The molecule has 0 aliphatic heterocycles. The van der Waals surface area contributed by atoms with E-state index in [0.29, 0.717) is 46.6 Å². The Morgan fingerprint density at radius 1 is 1.24 bits per heavy atom. The van der Waals surface area contributed by atoms with Gasteiger partial charge in [-0.15, -0.1) is 0 Å². The Morgan fingerprint density at radius 3 is 2.74 bits per heavy atom. The van der Waals surface area contributed by atoms with Gasteiger partial charge in [-0.05, 0) is 55.7 Å². The molecule has 0 fully saturated rings. The number of benzene rings is 2. The highest BCUT2D eigenvalue weighted by Gasteiger charge is 2.20. The maximum atomic E-state index is 12.8. The molecule has 34 heavy (non-hydrogen) atoms.